The molecule has 0 spiro atoms. The summed E-state index contributed by atoms with van der Waals surface area (Å²) in [6, 6.07) is 2.60. The van der Waals surface area contributed by atoms with Crippen LogP contribution in [0.1, 0.15) is 18.5 Å². The number of methoxy groups -OCH3 is 1. The predicted octanol–water partition coefficient (Wildman–Crippen LogP) is 1.50. The normalized spacial score (nSPS) is 17.7. The van der Waals surface area contributed by atoms with Crippen molar-refractivity contribution in [1.29, 1.82) is 0 Å². The van der Waals surface area contributed by atoms with E-state index in [-0.39, 0.29) is 11.8 Å². The van der Waals surface area contributed by atoms with Gasteiger partial charge in [-0.05, 0) is 12.1 Å². The van der Waals surface area contributed by atoms with E-state index in [1.807, 2.05) is 0 Å². The highest BCUT2D eigenvalue weighted by Crippen LogP contribution is 2.45. The number of nitrogens with one attached hydrogen (secondary N) is 1. The molecule has 1 aromatic rings. The molecule has 18 heavy (non-hydrogen) atoms. The summed E-state index contributed by atoms with van der Waals surface area (Å²) in [7, 11) is 3.15. The minimum Gasteiger partial charge on any atom is -0.495 e. The number of amides is 2. The van der Waals surface area contributed by atoms with Crippen molar-refractivity contribution in [3.05, 3.63) is 22.7 Å². The molecule has 0 fully saturated rings. The van der Waals surface area contributed by atoms with Crippen LogP contribution in [0.25, 0.3) is 0 Å². The highest BCUT2D eigenvalue weighted by molar-refractivity contribution is 6.33. The summed E-state index contributed by atoms with van der Waals surface area (Å²) >= 11 is 6.12. The van der Waals surface area contributed by atoms with Crippen molar-refractivity contribution in [3.63, 3.8) is 0 Å². The van der Waals surface area contributed by atoms with E-state index in [4.69, 9.17) is 16.3 Å². The van der Waals surface area contributed by atoms with Gasteiger partial charge in [0.05, 0.1) is 12.8 Å². The van der Waals surface area contributed by atoms with Crippen molar-refractivity contribution in [2.75, 3.05) is 19.1 Å². The lowest BCUT2D eigenvalue weighted by molar-refractivity contribution is -0.125. The first-order valence-electron chi connectivity index (χ1n) is 5.38. The van der Waals surface area contributed by atoms with Gasteiger partial charge < -0.3 is 15.0 Å². The number of anilines is 1. The van der Waals surface area contributed by atoms with Crippen molar-refractivity contribution in [1.82, 2.24) is 5.32 Å². The first kappa shape index (κ1) is 12.7. The van der Waals surface area contributed by atoms with Crippen LogP contribution in [0.4, 0.5) is 5.69 Å². The van der Waals surface area contributed by atoms with Crippen molar-refractivity contribution >= 4 is 29.1 Å². The average Bonchev–Trinajstić information content (AvgIpc) is 2.56. The summed E-state index contributed by atoms with van der Waals surface area (Å²) in [5.41, 5.74) is 1.19. The summed E-state index contributed by atoms with van der Waals surface area (Å²) in [6.07, 6.45) is 0. The molecule has 6 heteroatoms. The Bertz CT molecular complexity index is 530. The Morgan fingerprint density at radius 3 is 2.72 bits per heavy atom. The molecule has 1 aromatic carbocycles. The fraction of sp³-hybridized carbons (Fsp3) is 0.333. The van der Waals surface area contributed by atoms with Gasteiger partial charge in [0.15, 0.2) is 0 Å². The zero-order valence-electron chi connectivity index (χ0n) is 10.3. The van der Waals surface area contributed by atoms with Gasteiger partial charge in [-0.1, -0.05) is 11.6 Å². The minimum atomic E-state index is -0.745. The number of carbonyl (C=O) groups is 2. The van der Waals surface area contributed by atoms with E-state index in [2.05, 4.69) is 5.32 Å². The lowest BCUT2D eigenvalue weighted by Crippen LogP contribution is -2.34. The van der Waals surface area contributed by atoms with Gasteiger partial charge in [-0.3, -0.25) is 9.59 Å². The maximum atomic E-state index is 12.1. The third-order valence-electron chi connectivity index (χ3n) is 2.90. The Morgan fingerprint density at radius 1 is 1.50 bits per heavy atom. The van der Waals surface area contributed by atoms with E-state index in [9.17, 15) is 9.59 Å². The van der Waals surface area contributed by atoms with Crippen LogP contribution >= 0.6 is 11.6 Å². The molecule has 0 aromatic heterocycles. The highest BCUT2D eigenvalue weighted by atomic mass is 35.5. The Balaban J connectivity index is 2.60. The zero-order chi connectivity index (χ0) is 13.4. The van der Waals surface area contributed by atoms with Crippen LogP contribution < -0.4 is 15.0 Å². The van der Waals surface area contributed by atoms with Gasteiger partial charge in [0, 0.05) is 24.6 Å². The van der Waals surface area contributed by atoms with Gasteiger partial charge in [0.25, 0.3) is 5.91 Å². The number of rotatable bonds is 2. The monoisotopic (exact) mass is 268 g/mol. The Labute approximate surface area is 110 Å². The molecule has 0 saturated heterocycles. The predicted molar refractivity (Wildman–Crippen MR) is 68.0 cm³/mol. The van der Waals surface area contributed by atoms with Crippen LogP contribution in [-0.4, -0.2) is 26.0 Å². The summed E-state index contributed by atoms with van der Waals surface area (Å²) < 4.78 is 5.22. The quantitative estimate of drug-likeness (QED) is 0.884. The molecule has 1 atom stereocenters. The molecule has 2 amide bonds. The number of halogens is 1. The third-order valence-corrected chi connectivity index (χ3v) is 3.23. The van der Waals surface area contributed by atoms with Crippen molar-refractivity contribution < 1.29 is 14.3 Å². The molecule has 96 valence electrons. The van der Waals surface area contributed by atoms with Crippen molar-refractivity contribution in [3.8, 4) is 5.75 Å². The summed E-state index contributed by atoms with van der Waals surface area (Å²) in [5, 5.41) is 3.03. The number of ether oxygens (including phenoxy) is 1. The SMILES string of the molecule is COc1ccc(Cl)c2c1N(C)C(=O)C2NC(C)=O. The molecule has 0 saturated carbocycles. The van der Waals surface area contributed by atoms with Gasteiger partial charge >= 0.3 is 0 Å². The molecule has 1 N–H and O–H groups in total. The van der Waals surface area contributed by atoms with Crippen LogP contribution in [0.2, 0.25) is 5.02 Å². The number of hydrogen-bond acceptors (Lipinski definition) is 3. The zero-order valence-corrected chi connectivity index (χ0v) is 11.0. The van der Waals surface area contributed by atoms with Crippen LogP contribution in [0.15, 0.2) is 12.1 Å². The van der Waals surface area contributed by atoms with Gasteiger partial charge in [-0.2, -0.15) is 0 Å². The number of likely N-dealkylation sites (N-methyl/N-ethyl adjacent to an activating group) is 1. The molecule has 1 aliphatic heterocycles. The number of nitrogens with zero attached hydrogens (tertiary/aromatic N) is 1. The first-order valence-corrected chi connectivity index (χ1v) is 5.76. The number of fused-ring (bicyclic) bond motifs is 1. The van der Waals surface area contributed by atoms with E-state index in [1.54, 1.807) is 19.2 Å². The first-order chi connectivity index (χ1) is 8.47. The molecule has 2 rings (SSSR count). The molecule has 0 radical (unpaired) electrons. The number of carbonyl (C=O) groups excluding carboxylic acids is 2. The average molecular weight is 269 g/mol. The number of benzene rings is 1. The van der Waals surface area contributed by atoms with Gasteiger partial charge in [0.1, 0.15) is 11.8 Å². The standard InChI is InChI=1S/C12H13ClN2O3/c1-6(16)14-10-9-7(13)4-5-8(18-3)11(9)15(2)12(10)17/h4-5,10H,1-3H3,(H,14,16). The third kappa shape index (κ3) is 1.80. The minimum absolute atomic E-state index is 0.230. The van der Waals surface area contributed by atoms with Crippen LogP contribution in [0, 0.1) is 0 Å². The highest BCUT2D eigenvalue weighted by Gasteiger charge is 2.39. The molecular formula is C12H13ClN2O3. The fourth-order valence-corrected chi connectivity index (χ4v) is 2.37. The molecule has 1 heterocycles. The maximum Gasteiger partial charge on any atom is 0.254 e. The Kier molecular flexibility index (Phi) is 3.17. The Morgan fingerprint density at radius 2 is 2.17 bits per heavy atom. The topological polar surface area (TPSA) is 58.6 Å². The lowest BCUT2D eigenvalue weighted by Gasteiger charge is -2.14. The maximum absolute atomic E-state index is 12.1. The molecular weight excluding hydrogens is 256 g/mol. The largest absolute Gasteiger partial charge is 0.495 e. The second-order valence-corrected chi connectivity index (χ2v) is 4.45. The molecule has 0 bridgehead atoms. The van der Waals surface area contributed by atoms with Crippen LogP contribution in [0.3, 0.4) is 0 Å². The molecule has 0 aliphatic carbocycles. The van der Waals surface area contributed by atoms with E-state index in [0.29, 0.717) is 22.0 Å². The fourth-order valence-electron chi connectivity index (χ4n) is 2.11. The lowest BCUT2D eigenvalue weighted by atomic mass is 10.1. The van der Waals surface area contributed by atoms with Crippen molar-refractivity contribution in [2.45, 2.75) is 13.0 Å². The summed E-state index contributed by atoms with van der Waals surface area (Å²) in [5.74, 6) is 0.0400. The second kappa shape index (κ2) is 4.49. The van der Waals surface area contributed by atoms with E-state index in [1.165, 1.54) is 18.9 Å². The summed E-state index contributed by atoms with van der Waals surface area (Å²) in [4.78, 5) is 24.7. The summed E-state index contributed by atoms with van der Waals surface area (Å²) in [6.45, 7) is 1.36. The van der Waals surface area contributed by atoms with Crippen molar-refractivity contribution in [2.24, 2.45) is 0 Å². The number of hydrogen-bond donors (Lipinski definition) is 1. The second-order valence-electron chi connectivity index (χ2n) is 4.04. The molecule has 1 aliphatic rings. The Hall–Kier alpha value is -1.75. The van der Waals surface area contributed by atoms with Crippen LogP contribution in [-0.2, 0) is 9.59 Å². The van der Waals surface area contributed by atoms with Gasteiger partial charge in [-0.15, -0.1) is 0 Å². The molecule has 5 nitrogen and oxygen atoms in total. The molecule has 1 unspecified atom stereocenters. The van der Waals surface area contributed by atoms with E-state index >= 15 is 0 Å². The van der Waals surface area contributed by atoms with Gasteiger partial charge in [-0.25, -0.2) is 0 Å². The van der Waals surface area contributed by atoms with Crippen LogP contribution in [0.5, 0.6) is 5.75 Å². The van der Waals surface area contributed by atoms with Gasteiger partial charge in [0.2, 0.25) is 5.91 Å². The smallest absolute Gasteiger partial charge is 0.254 e. The van der Waals surface area contributed by atoms with E-state index < -0.39 is 6.04 Å². The van der Waals surface area contributed by atoms with E-state index in [0.717, 1.165) is 0 Å².